The number of hydrogen-bond acceptors (Lipinski definition) is 4. The van der Waals surface area contributed by atoms with Crippen LogP contribution in [0.2, 0.25) is 10.0 Å². The van der Waals surface area contributed by atoms with Crippen LogP contribution in [-0.2, 0) is 0 Å². The number of nitro groups is 1. The minimum absolute atomic E-state index is 0.0328. The molecule has 0 spiro atoms. The fraction of sp³-hybridized carbons (Fsp3) is 0. The molecule has 0 fully saturated rings. The lowest BCUT2D eigenvalue weighted by atomic mass is 10.1. The molecule has 1 amide bonds. The molecule has 21 heavy (non-hydrogen) atoms. The highest BCUT2D eigenvalue weighted by atomic mass is 35.5. The number of nitrogens with zero attached hydrogens (tertiary/aromatic N) is 1. The molecule has 2 rings (SSSR count). The molecule has 3 N–H and O–H groups in total. The van der Waals surface area contributed by atoms with E-state index in [1.54, 1.807) is 0 Å². The molecule has 0 saturated carbocycles. The molecule has 0 saturated heterocycles. The second-order valence-electron chi connectivity index (χ2n) is 4.08. The van der Waals surface area contributed by atoms with E-state index in [2.05, 4.69) is 5.32 Å². The highest BCUT2D eigenvalue weighted by Crippen LogP contribution is 2.31. The van der Waals surface area contributed by atoms with Gasteiger partial charge in [0.05, 0.1) is 26.2 Å². The Morgan fingerprint density at radius 2 is 1.95 bits per heavy atom. The highest BCUT2D eigenvalue weighted by molar-refractivity contribution is 6.41. The van der Waals surface area contributed by atoms with E-state index in [9.17, 15) is 14.9 Å². The van der Waals surface area contributed by atoms with Gasteiger partial charge in [0.2, 0.25) is 0 Å². The lowest BCUT2D eigenvalue weighted by molar-refractivity contribution is -0.384. The zero-order valence-corrected chi connectivity index (χ0v) is 12.0. The van der Waals surface area contributed by atoms with Gasteiger partial charge in [0, 0.05) is 17.8 Å². The second kappa shape index (κ2) is 5.99. The van der Waals surface area contributed by atoms with Crippen LogP contribution in [0.4, 0.5) is 17.1 Å². The van der Waals surface area contributed by atoms with Gasteiger partial charge in [0.25, 0.3) is 11.6 Å². The number of carbonyl (C=O) groups excluding carboxylic acids is 1. The van der Waals surface area contributed by atoms with Gasteiger partial charge >= 0.3 is 0 Å². The monoisotopic (exact) mass is 325 g/mol. The number of halogens is 2. The predicted molar refractivity (Wildman–Crippen MR) is 81.9 cm³/mol. The summed E-state index contributed by atoms with van der Waals surface area (Å²) in [6.45, 7) is 0. The zero-order chi connectivity index (χ0) is 15.6. The summed E-state index contributed by atoms with van der Waals surface area (Å²) < 4.78 is 0. The van der Waals surface area contributed by atoms with Crippen molar-refractivity contribution >= 4 is 46.2 Å². The van der Waals surface area contributed by atoms with Crippen LogP contribution in [0.15, 0.2) is 36.4 Å². The molecule has 2 aromatic rings. The van der Waals surface area contributed by atoms with Crippen molar-refractivity contribution in [2.45, 2.75) is 0 Å². The van der Waals surface area contributed by atoms with Crippen LogP contribution in [0.3, 0.4) is 0 Å². The van der Waals surface area contributed by atoms with Crippen LogP contribution in [0, 0.1) is 10.1 Å². The summed E-state index contributed by atoms with van der Waals surface area (Å²) in [4.78, 5) is 22.2. The summed E-state index contributed by atoms with van der Waals surface area (Å²) in [7, 11) is 0. The lowest BCUT2D eigenvalue weighted by Gasteiger charge is -2.09. The van der Waals surface area contributed by atoms with E-state index in [0.717, 1.165) is 0 Å². The number of nitrogens with one attached hydrogen (secondary N) is 1. The summed E-state index contributed by atoms with van der Waals surface area (Å²) in [5, 5.41) is 13.5. The van der Waals surface area contributed by atoms with E-state index in [4.69, 9.17) is 28.9 Å². The molecular weight excluding hydrogens is 317 g/mol. The van der Waals surface area contributed by atoms with Gasteiger partial charge in [-0.3, -0.25) is 14.9 Å². The van der Waals surface area contributed by atoms with Gasteiger partial charge in [-0.1, -0.05) is 29.3 Å². The number of nitrogen functional groups attached to an aromatic ring is 1. The first-order valence-electron chi connectivity index (χ1n) is 5.69. The molecule has 0 heterocycles. The third kappa shape index (κ3) is 3.24. The SMILES string of the molecule is Nc1c(Cl)ccc(C(=O)Nc2cccc([N+](=O)[O-])c2)c1Cl. The minimum atomic E-state index is -0.553. The second-order valence-corrected chi connectivity index (χ2v) is 4.87. The Balaban J connectivity index is 2.28. The largest absolute Gasteiger partial charge is 0.396 e. The van der Waals surface area contributed by atoms with E-state index in [-0.39, 0.29) is 32.7 Å². The van der Waals surface area contributed by atoms with Crippen LogP contribution in [-0.4, -0.2) is 10.8 Å². The molecule has 6 nitrogen and oxygen atoms in total. The van der Waals surface area contributed by atoms with Crippen molar-refractivity contribution in [2.24, 2.45) is 0 Å². The van der Waals surface area contributed by atoms with Gasteiger partial charge < -0.3 is 11.1 Å². The Labute approximate surface area is 129 Å². The fourth-order valence-corrected chi connectivity index (χ4v) is 2.10. The van der Waals surface area contributed by atoms with Gasteiger partial charge in [-0.15, -0.1) is 0 Å². The smallest absolute Gasteiger partial charge is 0.271 e. The molecule has 0 radical (unpaired) electrons. The Morgan fingerprint density at radius 1 is 1.24 bits per heavy atom. The molecule has 0 aliphatic heterocycles. The molecule has 0 aliphatic rings. The maximum Gasteiger partial charge on any atom is 0.271 e. The summed E-state index contributed by atoms with van der Waals surface area (Å²) >= 11 is 11.8. The first-order valence-corrected chi connectivity index (χ1v) is 6.45. The van der Waals surface area contributed by atoms with E-state index in [0.29, 0.717) is 0 Å². The number of nitro benzene ring substituents is 1. The van der Waals surface area contributed by atoms with Gasteiger partial charge in [0.1, 0.15) is 0 Å². The fourth-order valence-electron chi connectivity index (χ4n) is 1.64. The van der Waals surface area contributed by atoms with E-state index >= 15 is 0 Å². The first-order chi connectivity index (χ1) is 9.90. The molecule has 0 bridgehead atoms. The van der Waals surface area contributed by atoms with Gasteiger partial charge in [-0.2, -0.15) is 0 Å². The number of nitrogens with two attached hydrogens (primary N) is 1. The minimum Gasteiger partial charge on any atom is -0.396 e. The number of anilines is 2. The number of rotatable bonds is 3. The quantitative estimate of drug-likeness (QED) is 0.510. The van der Waals surface area contributed by atoms with E-state index < -0.39 is 10.8 Å². The number of benzene rings is 2. The molecule has 0 atom stereocenters. The third-order valence-electron chi connectivity index (χ3n) is 2.69. The van der Waals surface area contributed by atoms with Crippen molar-refractivity contribution in [3.8, 4) is 0 Å². The zero-order valence-electron chi connectivity index (χ0n) is 10.5. The summed E-state index contributed by atoms with van der Waals surface area (Å²) in [5.41, 5.74) is 6.02. The molecule has 0 aliphatic carbocycles. The Kier molecular flexibility index (Phi) is 4.30. The molecule has 0 unspecified atom stereocenters. The van der Waals surface area contributed by atoms with Crippen molar-refractivity contribution in [3.63, 3.8) is 0 Å². The van der Waals surface area contributed by atoms with E-state index in [1.807, 2.05) is 0 Å². The summed E-state index contributed by atoms with van der Waals surface area (Å²) in [5.74, 6) is -0.538. The van der Waals surface area contributed by atoms with E-state index in [1.165, 1.54) is 36.4 Å². The number of non-ortho nitro benzene ring substituents is 1. The van der Waals surface area contributed by atoms with Gasteiger partial charge in [-0.25, -0.2) is 0 Å². The van der Waals surface area contributed by atoms with Crippen LogP contribution in [0.5, 0.6) is 0 Å². The Bertz CT molecular complexity index is 735. The predicted octanol–water partition coefficient (Wildman–Crippen LogP) is 3.74. The highest BCUT2D eigenvalue weighted by Gasteiger charge is 2.15. The third-order valence-corrected chi connectivity index (χ3v) is 3.42. The Morgan fingerprint density at radius 3 is 2.62 bits per heavy atom. The molecule has 0 aromatic heterocycles. The van der Waals surface area contributed by atoms with Crippen molar-refractivity contribution < 1.29 is 9.72 Å². The number of hydrogen-bond donors (Lipinski definition) is 2. The average molecular weight is 326 g/mol. The average Bonchev–Trinajstić information content (AvgIpc) is 2.45. The van der Waals surface area contributed by atoms with Gasteiger partial charge in [0.15, 0.2) is 0 Å². The number of amides is 1. The Hall–Kier alpha value is -2.31. The maximum atomic E-state index is 12.1. The summed E-state index contributed by atoms with van der Waals surface area (Å²) in [6, 6.07) is 8.43. The van der Waals surface area contributed by atoms with Crippen molar-refractivity contribution in [3.05, 3.63) is 62.1 Å². The van der Waals surface area contributed by atoms with Crippen LogP contribution in [0.25, 0.3) is 0 Å². The van der Waals surface area contributed by atoms with Crippen LogP contribution >= 0.6 is 23.2 Å². The molecule has 108 valence electrons. The standard InChI is InChI=1S/C13H9Cl2N3O3/c14-10-5-4-9(11(15)12(10)16)13(19)17-7-2-1-3-8(6-7)18(20)21/h1-6H,16H2,(H,17,19). The van der Waals surface area contributed by atoms with Crippen molar-refractivity contribution in [2.75, 3.05) is 11.1 Å². The number of carbonyl (C=O) groups is 1. The topological polar surface area (TPSA) is 98.3 Å². The van der Waals surface area contributed by atoms with Crippen LogP contribution in [0.1, 0.15) is 10.4 Å². The van der Waals surface area contributed by atoms with Crippen molar-refractivity contribution in [1.82, 2.24) is 0 Å². The summed E-state index contributed by atoms with van der Waals surface area (Å²) in [6.07, 6.45) is 0. The first kappa shape index (κ1) is 15.1. The normalized spacial score (nSPS) is 10.2. The van der Waals surface area contributed by atoms with Gasteiger partial charge in [-0.05, 0) is 18.2 Å². The van der Waals surface area contributed by atoms with Crippen LogP contribution < -0.4 is 11.1 Å². The maximum absolute atomic E-state index is 12.1. The lowest BCUT2D eigenvalue weighted by Crippen LogP contribution is -2.13. The van der Waals surface area contributed by atoms with Crippen molar-refractivity contribution in [1.29, 1.82) is 0 Å². The molecule has 8 heteroatoms. The molecular formula is C13H9Cl2N3O3. The molecule has 2 aromatic carbocycles.